The third-order valence-electron chi connectivity index (χ3n) is 3.00. The van der Waals surface area contributed by atoms with Gasteiger partial charge in [-0.25, -0.2) is 4.39 Å². The van der Waals surface area contributed by atoms with Gasteiger partial charge < -0.3 is 10.1 Å². The Balaban J connectivity index is 2.28. The van der Waals surface area contributed by atoms with Gasteiger partial charge in [-0.2, -0.15) is 0 Å². The Hall–Kier alpha value is -1.84. The topological polar surface area (TPSA) is 53.1 Å². The van der Waals surface area contributed by atoms with E-state index in [1.54, 1.807) is 6.07 Å². The standard InChI is InChI=1S/C13H14FNO2/c1-8(2-5-13(16)17)11-7-15-12-4-3-9(14)6-10(11)12/h3-4,6-8,15H,2,5H2,1H3,(H,16,17). The van der Waals surface area contributed by atoms with Gasteiger partial charge in [-0.05, 0) is 36.1 Å². The van der Waals surface area contributed by atoms with Crippen LogP contribution in [0.4, 0.5) is 4.39 Å². The number of fused-ring (bicyclic) bond motifs is 1. The summed E-state index contributed by atoms with van der Waals surface area (Å²) in [6.45, 7) is 1.95. The summed E-state index contributed by atoms with van der Waals surface area (Å²) in [6.07, 6.45) is 2.51. The lowest BCUT2D eigenvalue weighted by Crippen LogP contribution is -1.99. The van der Waals surface area contributed by atoms with Gasteiger partial charge in [0.15, 0.2) is 0 Å². The highest BCUT2D eigenvalue weighted by atomic mass is 19.1. The van der Waals surface area contributed by atoms with Crippen LogP contribution in [-0.2, 0) is 4.79 Å². The van der Waals surface area contributed by atoms with Gasteiger partial charge in [0.25, 0.3) is 0 Å². The van der Waals surface area contributed by atoms with Crippen molar-refractivity contribution in [3.63, 3.8) is 0 Å². The fourth-order valence-corrected chi connectivity index (χ4v) is 2.02. The Morgan fingerprint density at radius 2 is 2.29 bits per heavy atom. The van der Waals surface area contributed by atoms with Crippen molar-refractivity contribution >= 4 is 16.9 Å². The van der Waals surface area contributed by atoms with Crippen LogP contribution >= 0.6 is 0 Å². The molecule has 0 saturated heterocycles. The van der Waals surface area contributed by atoms with E-state index >= 15 is 0 Å². The first-order valence-corrected chi connectivity index (χ1v) is 5.56. The molecule has 3 nitrogen and oxygen atoms in total. The lowest BCUT2D eigenvalue weighted by Gasteiger charge is -2.08. The number of carboxylic acid groups (broad SMARTS) is 1. The van der Waals surface area contributed by atoms with Crippen molar-refractivity contribution in [2.24, 2.45) is 0 Å². The molecule has 0 aliphatic heterocycles. The van der Waals surface area contributed by atoms with E-state index in [0.717, 1.165) is 16.5 Å². The average Bonchev–Trinajstić information content (AvgIpc) is 2.68. The molecule has 0 aliphatic carbocycles. The summed E-state index contributed by atoms with van der Waals surface area (Å²) < 4.78 is 13.2. The lowest BCUT2D eigenvalue weighted by atomic mass is 9.96. The molecule has 90 valence electrons. The van der Waals surface area contributed by atoms with Crippen LogP contribution in [-0.4, -0.2) is 16.1 Å². The van der Waals surface area contributed by atoms with Crippen LogP contribution in [0.2, 0.25) is 0 Å². The zero-order valence-corrected chi connectivity index (χ0v) is 9.53. The number of hydrogen-bond acceptors (Lipinski definition) is 1. The molecule has 0 spiro atoms. The molecule has 1 heterocycles. The molecule has 17 heavy (non-hydrogen) atoms. The highest BCUT2D eigenvalue weighted by molar-refractivity contribution is 5.83. The van der Waals surface area contributed by atoms with Crippen LogP contribution in [0.5, 0.6) is 0 Å². The third-order valence-corrected chi connectivity index (χ3v) is 3.00. The van der Waals surface area contributed by atoms with E-state index in [2.05, 4.69) is 4.98 Å². The quantitative estimate of drug-likeness (QED) is 0.854. The van der Waals surface area contributed by atoms with Gasteiger partial charge in [0.2, 0.25) is 0 Å². The second kappa shape index (κ2) is 4.57. The predicted octanol–water partition coefficient (Wildman–Crippen LogP) is 3.28. The SMILES string of the molecule is CC(CCC(=O)O)c1c[nH]c2ccc(F)cc12. The van der Waals surface area contributed by atoms with Crippen molar-refractivity contribution < 1.29 is 14.3 Å². The maximum Gasteiger partial charge on any atom is 0.303 e. The molecule has 1 atom stereocenters. The summed E-state index contributed by atoms with van der Waals surface area (Å²) in [5.41, 5.74) is 1.85. The highest BCUT2D eigenvalue weighted by Gasteiger charge is 2.13. The van der Waals surface area contributed by atoms with Crippen molar-refractivity contribution in [2.75, 3.05) is 0 Å². The number of benzene rings is 1. The number of nitrogens with one attached hydrogen (secondary N) is 1. The van der Waals surface area contributed by atoms with Gasteiger partial charge >= 0.3 is 5.97 Å². The molecule has 0 aliphatic rings. The Morgan fingerprint density at radius 1 is 1.53 bits per heavy atom. The first kappa shape index (κ1) is 11.6. The molecule has 2 rings (SSSR count). The summed E-state index contributed by atoms with van der Waals surface area (Å²) >= 11 is 0. The second-order valence-corrected chi connectivity index (χ2v) is 4.27. The number of rotatable bonds is 4. The number of aromatic amines is 1. The number of aliphatic carboxylic acids is 1. The second-order valence-electron chi connectivity index (χ2n) is 4.27. The first-order valence-electron chi connectivity index (χ1n) is 5.56. The zero-order chi connectivity index (χ0) is 12.4. The zero-order valence-electron chi connectivity index (χ0n) is 9.53. The summed E-state index contributed by atoms with van der Waals surface area (Å²) in [5, 5.41) is 9.49. The molecule has 0 amide bonds. The molecule has 0 fully saturated rings. The van der Waals surface area contributed by atoms with E-state index in [9.17, 15) is 9.18 Å². The molecular formula is C13H14FNO2. The summed E-state index contributed by atoms with van der Waals surface area (Å²) in [4.78, 5) is 13.6. The predicted molar refractivity (Wildman–Crippen MR) is 63.5 cm³/mol. The van der Waals surface area contributed by atoms with Gasteiger partial charge in [0, 0.05) is 23.5 Å². The molecular weight excluding hydrogens is 221 g/mol. The van der Waals surface area contributed by atoms with E-state index in [-0.39, 0.29) is 18.2 Å². The van der Waals surface area contributed by atoms with Gasteiger partial charge in [-0.15, -0.1) is 0 Å². The number of hydrogen-bond donors (Lipinski definition) is 2. The first-order chi connectivity index (χ1) is 8.08. The minimum absolute atomic E-state index is 0.0987. The number of carbonyl (C=O) groups is 1. The maximum absolute atomic E-state index is 13.2. The minimum atomic E-state index is -0.803. The smallest absolute Gasteiger partial charge is 0.303 e. The van der Waals surface area contributed by atoms with Crippen molar-refractivity contribution in [3.8, 4) is 0 Å². The van der Waals surface area contributed by atoms with Gasteiger partial charge in [-0.3, -0.25) is 4.79 Å². The molecule has 2 N–H and O–H groups in total. The van der Waals surface area contributed by atoms with Crippen molar-refractivity contribution in [1.29, 1.82) is 0 Å². The van der Waals surface area contributed by atoms with Gasteiger partial charge in [-0.1, -0.05) is 6.92 Å². The van der Waals surface area contributed by atoms with Crippen molar-refractivity contribution in [1.82, 2.24) is 4.98 Å². The number of carboxylic acids is 1. The monoisotopic (exact) mass is 235 g/mol. The molecule has 1 unspecified atom stereocenters. The third kappa shape index (κ3) is 2.46. The Kier molecular flexibility index (Phi) is 3.13. The molecule has 0 saturated carbocycles. The van der Waals surface area contributed by atoms with Gasteiger partial charge in [0.1, 0.15) is 5.82 Å². The number of halogens is 1. The van der Waals surface area contributed by atoms with Crippen LogP contribution in [0.3, 0.4) is 0 Å². The highest BCUT2D eigenvalue weighted by Crippen LogP contribution is 2.28. The van der Waals surface area contributed by atoms with E-state index < -0.39 is 5.97 Å². The van der Waals surface area contributed by atoms with E-state index in [1.165, 1.54) is 12.1 Å². The Bertz CT molecular complexity index is 547. The fraction of sp³-hybridized carbons (Fsp3) is 0.308. The van der Waals surface area contributed by atoms with Crippen LogP contribution in [0, 0.1) is 5.82 Å². The lowest BCUT2D eigenvalue weighted by molar-refractivity contribution is -0.137. The Morgan fingerprint density at radius 3 is 3.00 bits per heavy atom. The molecule has 4 heteroatoms. The van der Waals surface area contributed by atoms with Crippen LogP contribution in [0.1, 0.15) is 31.2 Å². The van der Waals surface area contributed by atoms with Crippen molar-refractivity contribution in [2.45, 2.75) is 25.7 Å². The molecule has 1 aromatic heterocycles. The fourth-order valence-electron chi connectivity index (χ4n) is 2.02. The normalized spacial score (nSPS) is 12.8. The molecule has 2 aromatic rings. The number of H-pyrrole nitrogens is 1. The molecule has 0 bridgehead atoms. The molecule has 1 aromatic carbocycles. The van der Waals surface area contributed by atoms with Crippen molar-refractivity contribution in [3.05, 3.63) is 35.8 Å². The van der Waals surface area contributed by atoms with Crippen LogP contribution in [0.25, 0.3) is 10.9 Å². The number of aromatic nitrogens is 1. The average molecular weight is 235 g/mol. The van der Waals surface area contributed by atoms with E-state index in [4.69, 9.17) is 5.11 Å². The van der Waals surface area contributed by atoms with Crippen LogP contribution < -0.4 is 0 Å². The Labute approximate surface area is 98.3 Å². The summed E-state index contributed by atoms with van der Waals surface area (Å²) in [7, 11) is 0. The largest absolute Gasteiger partial charge is 0.481 e. The summed E-state index contributed by atoms with van der Waals surface area (Å²) in [5.74, 6) is -0.978. The summed E-state index contributed by atoms with van der Waals surface area (Å²) in [6, 6.07) is 4.58. The van der Waals surface area contributed by atoms with E-state index in [0.29, 0.717) is 6.42 Å². The maximum atomic E-state index is 13.2. The van der Waals surface area contributed by atoms with Crippen LogP contribution in [0.15, 0.2) is 24.4 Å². The van der Waals surface area contributed by atoms with Gasteiger partial charge in [0.05, 0.1) is 0 Å². The molecule has 0 radical (unpaired) electrons. The minimum Gasteiger partial charge on any atom is -0.481 e. The van der Waals surface area contributed by atoms with E-state index in [1.807, 2.05) is 13.1 Å².